The first-order valence-electron chi connectivity index (χ1n) is 3.06. The maximum atomic E-state index is 10.7. The number of hydrogen-bond acceptors (Lipinski definition) is 4. The summed E-state index contributed by atoms with van der Waals surface area (Å²) in [5.74, 6) is -1.75. The Hall–Kier alpha value is -1.89. The highest BCUT2D eigenvalue weighted by atomic mass is 16.6. The number of nitriles is 1. The second-order valence-corrected chi connectivity index (χ2v) is 1.84. The standard InChI is InChI=1S/C8H7NO3/c1-3-4-7(10)12-8(11)6(2)5-9/h3H,1-2,4H2. The van der Waals surface area contributed by atoms with Gasteiger partial charge in [0, 0.05) is 0 Å². The summed E-state index contributed by atoms with van der Waals surface area (Å²) in [5, 5.41) is 8.17. The van der Waals surface area contributed by atoms with Crippen molar-refractivity contribution in [1.29, 1.82) is 5.26 Å². The highest BCUT2D eigenvalue weighted by Crippen LogP contribution is 1.95. The van der Waals surface area contributed by atoms with Gasteiger partial charge in [-0.25, -0.2) is 4.79 Å². The van der Waals surface area contributed by atoms with E-state index in [1.165, 1.54) is 12.1 Å². The van der Waals surface area contributed by atoms with E-state index in [0.29, 0.717) is 0 Å². The van der Waals surface area contributed by atoms with Gasteiger partial charge in [0.05, 0.1) is 6.42 Å². The Kier molecular flexibility index (Phi) is 4.09. The van der Waals surface area contributed by atoms with Gasteiger partial charge in [0.1, 0.15) is 11.6 Å². The van der Waals surface area contributed by atoms with Crippen LogP contribution in [0, 0.1) is 11.3 Å². The number of hydrogen-bond donors (Lipinski definition) is 0. The van der Waals surface area contributed by atoms with E-state index in [1.807, 2.05) is 0 Å². The predicted molar refractivity (Wildman–Crippen MR) is 40.7 cm³/mol. The third kappa shape index (κ3) is 3.32. The van der Waals surface area contributed by atoms with E-state index in [0.717, 1.165) is 0 Å². The Labute approximate surface area is 69.7 Å². The van der Waals surface area contributed by atoms with Gasteiger partial charge in [-0.2, -0.15) is 5.26 Å². The van der Waals surface area contributed by atoms with Crippen LogP contribution >= 0.6 is 0 Å². The number of esters is 2. The second kappa shape index (κ2) is 4.85. The summed E-state index contributed by atoms with van der Waals surface area (Å²) in [6.45, 7) is 6.35. The van der Waals surface area contributed by atoms with Crippen LogP contribution in [0.4, 0.5) is 0 Å². The van der Waals surface area contributed by atoms with Crippen molar-refractivity contribution in [2.75, 3.05) is 0 Å². The number of nitrogens with zero attached hydrogens (tertiary/aromatic N) is 1. The van der Waals surface area contributed by atoms with Crippen molar-refractivity contribution in [2.24, 2.45) is 0 Å². The molecule has 0 aliphatic rings. The maximum absolute atomic E-state index is 10.7. The smallest absolute Gasteiger partial charge is 0.355 e. The van der Waals surface area contributed by atoms with Crippen molar-refractivity contribution in [3.63, 3.8) is 0 Å². The molecule has 0 heterocycles. The summed E-state index contributed by atoms with van der Waals surface area (Å²) >= 11 is 0. The average Bonchev–Trinajstić information content (AvgIpc) is 2.03. The van der Waals surface area contributed by atoms with Gasteiger partial charge in [0.15, 0.2) is 0 Å². The molecule has 12 heavy (non-hydrogen) atoms. The summed E-state index contributed by atoms with van der Waals surface area (Å²) in [6.07, 6.45) is 1.23. The Morgan fingerprint density at radius 2 is 2.17 bits per heavy atom. The van der Waals surface area contributed by atoms with Crippen LogP contribution in [0.25, 0.3) is 0 Å². The van der Waals surface area contributed by atoms with Crippen molar-refractivity contribution in [3.8, 4) is 6.07 Å². The first-order valence-corrected chi connectivity index (χ1v) is 3.06. The van der Waals surface area contributed by atoms with Crippen LogP contribution in [0.1, 0.15) is 6.42 Å². The Morgan fingerprint density at radius 1 is 1.58 bits per heavy atom. The van der Waals surface area contributed by atoms with Crippen LogP contribution in [0.2, 0.25) is 0 Å². The molecule has 0 aromatic heterocycles. The van der Waals surface area contributed by atoms with E-state index in [4.69, 9.17) is 5.26 Å². The number of rotatable bonds is 3. The average molecular weight is 165 g/mol. The van der Waals surface area contributed by atoms with Gasteiger partial charge in [0.2, 0.25) is 0 Å². The normalized spacial score (nSPS) is 7.92. The molecule has 0 amide bonds. The fourth-order valence-electron chi connectivity index (χ4n) is 0.370. The zero-order valence-corrected chi connectivity index (χ0v) is 6.37. The Morgan fingerprint density at radius 3 is 2.58 bits per heavy atom. The molecule has 0 aromatic carbocycles. The molecule has 0 atom stereocenters. The Bertz CT molecular complexity index is 273. The van der Waals surface area contributed by atoms with E-state index in [2.05, 4.69) is 17.9 Å². The van der Waals surface area contributed by atoms with E-state index in [9.17, 15) is 9.59 Å². The minimum atomic E-state index is -1.01. The van der Waals surface area contributed by atoms with E-state index in [1.54, 1.807) is 0 Å². The number of carbonyl (C=O) groups is 2. The molecular weight excluding hydrogens is 158 g/mol. The van der Waals surface area contributed by atoms with Gasteiger partial charge >= 0.3 is 11.9 Å². The lowest BCUT2D eigenvalue weighted by Gasteiger charge is -1.96. The molecule has 0 aromatic rings. The molecule has 0 unspecified atom stereocenters. The lowest BCUT2D eigenvalue weighted by atomic mass is 10.3. The van der Waals surface area contributed by atoms with Crippen molar-refractivity contribution >= 4 is 11.9 Å². The zero-order chi connectivity index (χ0) is 9.56. The first kappa shape index (κ1) is 10.1. The SMILES string of the molecule is C=CCC(=O)OC(=O)C(=C)C#N. The van der Waals surface area contributed by atoms with Gasteiger partial charge in [-0.1, -0.05) is 12.7 Å². The maximum Gasteiger partial charge on any atom is 0.355 e. The molecule has 0 saturated heterocycles. The highest BCUT2D eigenvalue weighted by molar-refractivity contribution is 5.98. The van der Waals surface area contributed by atoms with Crippen molar-refractivity contribution in [1.82, 2.24) is 0 Å². The topological polar surface area (TPSA) is 67.2 Å². The lowest BCUT2D eigenvalue weighted by molar-refractivity contribution is -0.155. The fraction of sp³-hybridized carbons (Fsp3) is 0.125. The van der Waals surface area contributed by atoms with Crippen LogP contribution in [0.5, 0.6) is 0 Å². The van der Waals surface area contributed by atoms with Crippen LogP contribution in [0.3, 0.4) is 0 Å². The van der Waals surface area contributed by atoms with Crippen LogP contribution < -0.4 is 0 Å². The minimum absolute atomic E-state index is 0.0650. The third-order valence-electron chi connectivity index (χ3n) is 0.899. The minimum Gasteiger partial charge on any atom is -0.389 e. The van der Waals surface area contributed by atoms with Crippen molar-refractivity contribution in [3.05, 3.63) is 24.8 Å². The second-order valence-electron chi connectivity index (χ2n) is 1.84. The number of ether oxygens (including phenoxy) is 1. The summed E-state index contributed by atoms with van der Waals surface area (Å²) in [5.41, 5.74) is -0.396. The zero-order valence-electron chi connectivity index (χ0n) is 6.37. The van der Waals surface area contributed by atoms with E-state index >= 15 is 0 Å². The van der Waals surface area contributed by atoms with Gasteiger partial charge in [-0.3, -0.25) is 4.79 Å². The molecule has 0 N–H and O–H groups in total. The van der Waals surface area contributed by atoms with Gasteiger partial charge in [0.25, 0.3) is 0 Å². The predicted octanol–water partition coefficient (Wildman–Crippen LogP) is 0.712. The molecule has 4 heteroatoms. The summed E-state index contributed by atoms with van der Waals surface area (Å²) in [4.78, 5) is 21.3. The fourth-order valence-corrected chi connectivity index (χ4v) is 0.370. The van der Waals surface area contributed by atoms with Crippen molar-refractivity contribution < 1.29 is 14.3 Å². The summed E-state index contributed by atoms with van der Waals surface area (Å²) in [7, 11) is 0. The molecule has 62 valence electrons. The highest BCUT2D eigenvalue weighted by Gasteiger charge is 2.11. The number of carbonyl (C=O) groups excluding carboxylic acids is 2. The van der Waals surface area contributed by atoms with E-state index in [-0.39, 0.29) is 6.42 Å². The quantitative estimate of drug-likeness (QED) is 0.203. The molecule has 0 radical (unpaired) electrons. The van der Waals surface area contributed by atoms with Gasteiger partial charge < -0.3 is 4.74 Å². The van der Waals surface area contributed by atoms with Crippen LogP contribution in [0.15, 0.2) is 24.8 Å². The first-order chi connectivity index (χ1) is 5.61. The summed E-state index contributed by atoms with van der Waals surface area (Å²) < 4.78 is 4.17. The van der Waals surface area contributed by atoms with Crippen LogP contribution in [-0.4, -0.2) is 11.9 Å². The van der Waals surface area contributed by atoms with Crippen LogP contribution in [-0.2, 0) is 14.3 Å². The molecule has 0 aliphatic carbocycles. The monoisotopic (exact) mass is 165 g/mol. The molecule has 4 nitrogen and oxygen atoms in total. The molecule has 0 spiro atoms. The third-order valence-corrected chi connectivity index (χ3v) is 0.899. The molecule has 0 fully saturated rings. The molecule has 0 rings (SSSR count). The Balaban J connectivity index is 4.03. The van der Waals surface area contributed by atoms with Gasteiger partial charge in [-0.15, -0.1) is 6.58 Å². The lowest BCUT2D eigenvalue weighted by Crippen LogP contribution is -2.12. The van der Waals surface area contributed by atoms with E-state index < -0.39 is 17.5 Å². The molecule has 0 bridgehead atoms. The molecular formula is C8H7NO3. The summed E-state index contributed by atoms with van der Waals surface area (Å²) in [6, 6.07) is 1.47. The molecule has 0 aliphatic heterocycles. The largest absolute Gasteiger partial charge is 0.389 e. The van der Waals surface area contributed by atoms with Crippen molar-refractivity contribution in [2.45, 2.75) is 6.42 Å². The molecule has 0 saturated carbocycles. The van der Waals surface area contributed by atoms with Gasteiger partial charge in [-0.05, 0) is 0 Å².